The number of nitrogens with zero attached hydrogens (tertiary/aromatic N) is 1. The van der Waals surface area contributed by atoms with E-state index in [9.17, 15) is 0 Å². The van der Waals surface area contributed by atoms with E-state index >= 15 is 0 Å². The molecule has 0 saturated heterocycles. The van der Waals surface area contributed by atoms with E-state index in [1.54, 1.807) is 0 Å². The van der Waals surface area contributed by atoms with Gasteiger partial charge < -0.3 is 5.32 Å². The van der Waals surface area contributed by atoms with E-state index in [4.69, 9.17) is 4.98 Å². The summed E-state index contributed by atoms with van der Waals surface area (Å²) in [6.45, 7) is 8.85. The van der Waals surface area contributed by atoms with Crippen molar-refractivity contribution >= 4 is 16.7 Å². The van der Waals surface area contributed by atoms with E-state index in [0.717, 1.165) is 17.8 Å². The highest BCUT2D eigenvalue weighted by Crippen LogP contribution is 2.31. The van der Waals surface area contributed by atoms with Crippen LogP contribution in [0.5, 0.6) is 0 Å². The van der Waals surface area contributed by atoms with Gasteiger partial charge in [-0.1, -0.05) is 33.8 Å². The lowest BCUT2D eigenvalue weighted by Gasteiger charge is -2.22. The van der Waals surface area contributed by atoms with Gasteiger partial charge in [-0.05, 0) is 35.6 Å². The molecule has 0 aliphatic rings. The Balaban J connectivity index is 2.70. The van der Waals surface area contributed by atoms with Crippen molar-refractivity contribution in [2.75, 3.05) is 12.4 Å². The minimum atomic E-state index is 0.0990. The Hall–Kier alpha value is -1.57. The number of hydrogen-bond acceptors (Lipinski definition) is 2. The van der Waals surface area contributed by atoms with Crippen LogP contribution in [0.15, 0.2) is 24.3 Å². The topological polar surface area (TPSA) is 24.9 Å². The van der Waals surface area contributed by atoms with Crippen molar-refractivity contribution in [3.8, 4) is 0 Å². The van der Waals surface area contributed by atoms with Crippen LogP contribution in [0.1, 0.15) is 38.8 Å². The van der Waals surface area contributed by atoms with E-state index in [1.165, 1.54) is 16.5 Å². The van der Waals surface area contributed by atoms with Crippen molar-refractivity contribution in [3.05, 3.63) is 35.4 Å². The minimum Gasteiger partial charge on any atom is -0.373 e. The first-order valence-electron chi connectivity index (χ1n) is 6.57. The predicted octanol–water partition coefficient (Wildman–Crippen LogP) is 4.14. The number of fused-ring (bicyclic) bond motifs is 1. The Morgan fingerprint density at radius 2 is 1.89 bits per heavy atom. The molecular formula is C16H22N2. The van der Waals surface area contributed by atoms with Crippen molar-refractivity contribution in [3.63, 3.8) is 0 Å². The van der Waals surface area contributed by atoms with Crippen LogP contribution in [0.2, 0.25) is 0 Å². The van der Waals surface area contributed by atoms with Crippen LogP contribution >= 0.6 is 0 Å². The lowest BCUT2D eigenvalue weighted by molar-refractivity contribution is 0.591. The first-order valence-corrected chi connectivity index (χ1v) is 6.57. The summed E-state index contributed by atoms with van der Waals surface area (Å²) in [5.41, 5.74) is 3.79. The molecule has 0 amide bonds. The second kappa shape index (κ2) is 4.60. The highest BCUT2D eigenvalue weighted by Gasteiger charge is 2.19. The van der Waals surface area contributed by atoms with Crippen LogP contribution < -0.4 is 5.32 Å². The fourth-order valence-corrected chi connectivity index (χ4v) is 2.21. The molecule has 1 heterocycles. The number of hydrogen-bond donors (Lipinski definition) is 1. The maximum atomic E-state index is 4.72. The molecule has 1 N–H and O–H groups in total. The number of nitrogens with one attached hydrogen (secondary N) is 1. The summed E-state index contributed by atoms with van der Waals surface area (Å²) in [6.07, 6.45) is 1.06. The van der Waals surface area contributed by atoms with Gasteiger partial charge in [0, 0.05) is 18.0 Å². The molecule has 0 radical (unpaired) electrons. The lowest BCUT2D eigenvalue weighted by Crippen LogP contribution is -2.15. The first kappa shape index (κ1) is 12.9. The van der Waals surface area contributed by atoms with Crippen molar-refractivity contribution in [2.24, 2.45) is 0 Å². The first-order chi connectivity index (χ1) is 8.45. The summed E-state index contributed by atoms with van der Waals surface area (Å²) < 4.78 is 0. The molecule has 18 heavy (non-hydrogen) atoms. The quantitative estimate of drug-likeness (QED) is 0.856. The zero-order valence-electron chi connectivity index (χ0n) is 12.0. The largest absolute Gasteiger partial charge is 0.373 e. The fourth-order valence-electron chi connectivity index (χ4n) is 2.21. The van der Waals surface area contributed by atoms with Crippen LogP contribution in [-0.4, -0.2) is 12.0 Å². The van der Waals surface area contributed by atoms with Crippen LogP contribution in [0.3, 0.4) is 0 Å². The Morgan fingerprint density at radius 3 is 2.44 bits per heavy atom. The van der Waals surface area contributed by atoms with Gasteiger partial charge in [-0.25, -0.2) is 4.98 Å². The highest BCUT2D eigenvalue weighted by atomic mass is 15.0. The number of aromatic nitrogens is 1. The SMILES string of the molecule is CCc1ccc2nc(NC)c(C(C)(C)C)cc2c1. The van der Waals surface area contributed by atoms with E-state index < -0.39 is 0 Å². The van der Waals surface area contributed by atoms with E-state index in [-0.39, 0.29) is 5.41 Å². The van der Waals surface area contributed by atoms with Gasteiger partial charge in [0.15, 0.2) is 0 Å². The standard InChI is InChI=1S/C16H22N2/c1-6-11-7-8-14-12(9-11)10-13(16(2,3)4)15(17-5)18-14/h7-10H,6H2,1-5H3,(H,17,18). The Labute approximate surface area is 109 Å². The van der Waals surface area contributed by atoms with Crippen molar-refractivity contribution in [1.82, 2.24) is 4.98 Å². The highest BCUT2D eigenvalue weighted by molar-refractivity contribution is 5.83. The Morgan fingerprint density at radius 1 is 1.17 bits per heavy atom. The smallest absolute Gasteiger partial charge is 0.130 e. The second-order valence-electron chi connectivity index (χ2n) is 5.77. The van der Waals surface area contributed by atoms with Gasteiger partial charge >= 0.3 is 0 Å². The van der Waals surface area contributed by atoms with Gasteiger partial charge in [-0.2, -0.15) is 0 Å². The third kappa shape index (κ3) is 2.33. The minimum absolute atomic E-state index is 0.0990. The van der Waals surface area contributed by atoms with E-state index in [2.05, 4.69) is 57.3 Å². The average Bonchev–Trinajstić information content (AvgIpc) is 2.35. The monoisotopic (exact) mass is 242 g/mol. The molecule has 0 saturated carbocycles. The molecule has 1 aromatic carbocycles. The summed E-state index contributed by atoms with van der Waals surface area (Å²) in [4.78, 5) is 4.72. The Kier molecular flexibility index (Phi) is 3.29. The molecule has 0 aliphatic heterocycles. The number of anilines is 1. The normalized spacial score (nSPS) is 11.8. The van der Waals surface area contributed by atoms with Gasteiger partial charge in [-0.3, -0.25) is 0 Å². The summed E-state index contributed by atoms with van der Waals surface area (Å²) in [7, 11) is 1.93. The third-order valence-corrected chi connectivity index (χ3v) is 3.33. The molecule has 0 atom stereocenters. The van der Waals surface area contributed by atoms with Gasteiger partial charge in [0.2, 0.25) is 0 Å². The molecule has 0 spiro atoms. The summed E-state index contributed by atoms with van der Waals surface area (Å²) in [5.74, 6) is 0.985. The number of aryl methyl sites for hydroxylation is 1. The van der Waals surface area contributed by atoms with Crippen molar-refractivity contribution in [1.29, 1.82) is 0 Å². The fraction of sp³-hybridized carbons (Fsp3) is 0.438. The van der Waals surface area contributed by atoms with Crippen LogP contribution in [0.4, 0.5) is 5.82 Å². The molecular weight excluding hydrogens is 220 g/mol. The van der Waals surface area contributed by atoms with Crippen molar-refractivity contribution in [2.45, 2.75) is 39.5 Å². The molecule has 0 bridgehead atoms. The van der Waals surface area contributed by atoms with Crippen molar-refractivity contribution < 1.29 is 0 Å². The molecule has 2 aromatic rings. The van der Waals surface area contributed by atoms with Gasteiger partial charge in [0.05, 0.1) is 5.52 Å². The number of pyridine rings is 1. The summed E-state index contributed by atoms with van der Waals surface area (Å²) in [5, 5.41) is 4.45. The number of rotatable bonds is 2. The van der Waals surface area contributed by atoms with Gasteiger partial charge in [0.25, 0.3) is 0 Å². The van der Waals surface area contributed by atoms with Crippen LogP contribution in [0, 0.1) is 0 Å². The molecule has 0 unspecified atom stereocenters. The number of benzene rings is 1. The molecule has 96 valence electrons. The average molecular weight is 242 g/mol. The van der Waals surface area contributed by atoms with Gasteiger partial charge in [-0.15, -0.1) is 0 Å². The molecule has 0 fully saturated rings. The summed E-state index contributed by atoms with van der Waals surface area (Å²) in [6, 6.07) is 8.79. The van der Waals surface area contributed by atoms with E-state index in [0.29, 0.717) is 0 Å². The molecule has 2 heteroatoms. The van der Waals surface area contributed by atoms with Gasteiger partial charge in [0.1, 0.15) is 5.82 Å². The maximum Gasteiger partial charge on any atom is 0.130 e. The zero-order chi connectivity index (χ0) is 13.3. The third-order valence-electron chi connectivity index (χ3n) is 3.33. The lowest BCUT2D eigenvalue weighted by atomic mass is 9.86. The molecule has 0 aliphatic carbocycles. The summed E-state index contributed by atoms with van der Waals surface area (Å²) >= 11 is 0. The second-order valence-corrected chi connectivity index (χ2v) is 5.77. The maximum absolute atomic E-state index is 4.72. The molecule has 2 nitrogen and oxygen atoms in total. The molecule has 2 rings (SSSR count). The molecule has 1 aromatic heterocycles. The van der Waals surface area contributed by atoms with Crippen LogP contribution in [-0.2, 0) is 11.8 Å². The predicted molar refractivity (Wildman–Crippen MR) is 79.4 cm³/mol. The Bertz CT molecular complexity index is 565. The zero-order valence-corrected chi connectivity index (χ0v) is 12.0. The van der Waals surface area contributed by atoms with Crippen LogP contribution in [0.25, 0.3) is 10.9 Å². The van der Waals surface area contributed by atoms with E-state index in [1.807, 2.05) is 7.05 Å².